The summed E-state index contributed by atoms with van der Waals surface area (Å²) in [5.41, 5.74) is 2.68. The van der Waals surface area contributed by atoms with Crippen molar-refractivity contribution in [1.82, 2.24) is 0 Å². The van der Waals surface area contributed by atoms with Crippen LogP contribution in [0.2, 0.25) is 10.0 Å². The van der Waals surface area contributed by atoms with Gasteiger partial charge in [-0.25, -0.2) is 0 Å². The van der Waals surface area contributed by atoms with Crippen LogP contribution in [-0.4, -0.2) is 16.6 Å². The molecule has 1 aliphatic rings. The molecule has 0 saturated heterocycles. The molecule has 3 rings (SSSR count). The molecule has 23 heavy (non-hydrogen) atoms. The third-order valence-electron chi connectivity index (χ3n) is 3.74. The second-order valence-corrected chi connectivity index (χ2v) is 6.06. The Morgan fingerprint density at radius 2 is 1.78 bits per heavy atom. The van der Waals surface area contributed by atoms with Crippen molar-refractivity contribution in [3.05, 3.63) is 74.8 Å². The van der Waals surface area contributed by atoms with Crippen molar-refractivity contribution >= 4 is 40.5 Å². The van der Waals surface area contributed by atoms with Crippen molar-refractivity contribution in [3.63, 3.8) is 0 Å². The molecule has 0 radical (unpaired) electrons. The summed E-state index contributed by atoms with van der Waals surface area (Å²) in [5.74, 6) is -0.213. The first-order chi connectivity index (χ1) is 11.0. The molecule has 1 N–H and O–H groups in total. The number of nitrogens with zero attached hydrogens (tertiary/aromatic N) is 1. The zero-order chi connectivity index (χ0) is 16.6. The first kappa shape index (κ1) is 15.8. The Balaban J connectivity index is 1.89. The number of benzene rings is 2. The number of ketones is 1. The van der Waals surface area contributed by atoms with Crippen LogP contribution in [0, 0.1) is 0 Å². The average Bonchev–Trinajstić information content (AvgIpc) is 2.80. The number of aliphatic imine (C=N–C) groups is 1. The molecule has 2 aromatic rings. The van der Waals surface area contributed by atoms with Crippen LogP contribution in [0.1, 0.15) is 28.4 Å². The lowest BCUT2D eigenvalue weighted by molar-refractivity contribution is 0.104. The van der Waals surface area contributed by atoms with E-state index in [1.165, 1.54) is 0 Å². The predicted octanol–water partition coefficient (Wildman–Crippen LogP) is 5.12. The molecular formula is C18H13Cl2NO2. The number of aliphatic hydroxyl groups is 1. The van der Waals surface area contributed by atoms with Crippen molar-refractivity contribution in [2.24, 2.45) is 4.99 Å². The lowest BCUT2D eigenvalue weighted by atomic mass is 10.1. The molecule has 0 bridgehead atoms. The second-order valence-electron chi connectivity index (χ2n) is 5.25. The maximum Gasteiger partial charge on any atom is 0.199 e. The lowest BCUT2D eigenvalue weighted by Crippen LogP contribution is -2.08. The number of rotatable bonds is 3. The van der Waals surface area contributed by atoms with E-state index in [-0.39, 0.29) is 17.1 Å². The molecule has 0 heterocycles. The summed E-state index contributed by atoms with van der Waals surface area (Å²) in [6, 6.07) is 12.2. The van der Waals surface area contributed by atoms with Crippen LogP contribution in [0.5, 0.6) is 0 Å². The van der Waals surface area contributed by atoms with Crippen LogP contribution in [0.25, 0.3) is 5.76 Å². The number of hydrogen-bond donors (Lipinski definition) is 1. The Morgan fingerprint density at radius 3 is 2.43 bits per heavy atom. The van der Waals surface area contributed by atoms with Gasteiger partial charge in [0, 0.05) is 16.8 Å². The van der Waals surface area contributed by atoms with Crippen LogP contribution in [0.4, 0.5) is 0 Å². The summed E-state index contributed by atoms with van der Waals surface area (Å²) in [5, 5.41) is 11.2. The number of hydrogen-bond acceptors (Lipinski definition) is 3. The molecule has 0 amide bonds. The van der Waals surface area contributed by atoms with Crippen LogP contribution >= 0.6 is 23.2 Å². The van der Waals surface area contributed by atoms with Crippen molar-refractivity contribution in [2.75, 3.05) is 0 Å². The maximum absolute atomic E-state index is 12.4. The van der Waals surface area contributed by atoms with Crippen molar-refractivity contribution in [3.8, 4) is 0 Å². The number of carbonyl (C=O) groups excluding carboxylic acids is 1. The largest absolute Gasteiger partial charge is 0.506 e. The summed E-state index contributed by atoms with van der Waals surface area (Å²) in [7, 11) is 0. The number of fused-ring (bicyclic) bond motifs is 1. The van der Waals surface area contributed by atoms with E-state index in [9.17, 15) is 9.90 Å². The van der Waals surface area contributed by atoms with E-state index in [0.29, 0.717) is 33.4 Å². The molecule has 0 atom stereocenters. The van der Waals surface area contributed by atoms with Crippen LogP contribution in [0.3, 0.4) is 0 Å². The van der Waals surface area contributed by atoms with Gasteiger partial charge in [-0.15, -0.1) is 0 Å². The van der Waals surface area contributed by atoms with Gasteiger partial charge in [-0.3, -0.25) is 9.79 Å². The maximum atomic E-state index is 12.4. The van der Waals surface area contributed by atoms with Gasteiger partial charge in [0.2, 0.25) is 0 Å². The number of halogens is 2. The summed E-state index contributed by atoms with van der Waals surface area (Å²) in [4.78, 5) is 16.8. The van der Waals surface area contributed by atoms with Gasteiger partial charge >= 0.3 is 0 Å². The average molecular weight is 346 g/mol. The number of carbonyl (C=O) groups is 1. The molecule has 1 aliphatic carbocycles. The summed E-state index contributed by atoms with van der Waals surface area (Å²) >= 11 is 11.9. The Hall–Kier alpha value is -2.10. The minimum Gasteiger partial charge on any atom is -0.506 e. The smallest absolute Gasteiger partial charge is 0.199 e. The minimum atomic E-state index is -0.200. The predicted molar refractivity (Wildman–Crippen MR) is 93.6 cm³/mol. The van der Waals surface area contributed by atoms with Gasteiger partial charge in [0.1, 0.15) is 5.76 Å². The molecule has 0 spiro atoms. The monoisotopic (exact) mass is 345 g/mol. The molecule has 5 heteroatoms. The van der Waals surface area contributed by atoms with E-state index < -0.39 is 0 Å². The highest BCUT2D eigenvalue weighted by Gasteiger charge is 2.30. The first-order valence-corrected chi connectivity index (χ1v) is 7.77. The fourth-order valence-electron chi connectivity index (χ4n) is 2.53. The fourth-order valence-corrected chi connectivity index (χ4v) is 2.85. The highest BCUT2D eigenvalue weighted by molar-refractivity contribution is 6.42. The zero-order valence-corrected chi connectivity index (χ0v) is 13.8. The molecule has 0 saturated carbocycles. The topological polar surface area (TPSA) is 49.7 Å². The first-order valence-electron chi connectivity index (χ1n) is 7.01. The van der Waals surface area contributed by atoms with E-state index in [2.05, 4.69) is 4.99 Å². The highest BCUT2D eigenvalue weighted by Crippen LogP contribution is 2.31. The Kier molecular flexibility index (Phi) is 4.24. The molecule has 0 fully saturated rings. The summed E-state index contributed by atoms with van der Waals surface area (Å²) in [6.07, 6.45) is 0. The molecule has 116 valence electrons. The Morgan fingerprint density at radius 1 is 1.09 bits per heavy atom. The zero-order valence-electron chi connectivity index (χ0n) is 12.3. The number of allylic oxidation sites excluding steroid dienone is 1. The minimum absolute atomic E-state index is 0.0130. The van der Waals surface area contributed by atoms with Crippen molar-refractivity contribution in [2.45, 2.75) is 13.5 Å². The third-order valence-corrected chi connectivity index (χ3v) is 4.47. The van der Waals surface area contributed by atoms with E-state index in [1.807, 2.05) is 6.07 Å². The van der Waals surface area contributed by atoms with Gasteiger partial charge in [0.15, 0.2) is 5.78 Å². The van der Waals surface area contributed by atoms with Gasteiger partial charge in [0.05, 0.1) is 22.2 Å². The molecule has 0 aliphatic heterocycles. The second kappa shape index (κ2) is 6.19. The lowest BCUT2D eigenvalue weighted by Gasteiger charge is -2.04. The van der Waals surface area contributed by atoms with E-state index in [1.54, 1.807) is 43.3 Å². The normalized spacial score (nSPS) is 14.4. The molecule has 0 unspecified atom stereocenters. The van der Waals surface area contributed by atoms with Gasteiger partial charge in [-0.05, 0) is 24.6 Å². The molecular weight excluding hydrogens is 333 g/mol. The summed E-state index contributed by atoms with van der Waals surface area (Å²) < 4.78 is 0. The summed E-state index contributed by atoms with van der Waals surface area (Å²) in [6.45, 7) is 2.07. The number of aliphatic hydroxyl groups excluding tert-OH is 1. The molecule has 0 aromatic heterocycles. The standard InChI is InChI=1S/C18H13Cl2NO2/c1-10(21-9-11-6-7-14(19)15(20)8-11)16-17(22)12-4-2-3-5-13(12)18(16)23/h2-8,22H,9H2,1H3. The van der Waals surface area contributed by atoms with Crippen LogP contribution < -0.4 is 0 Å². The molecule has 3 nitrogen and oxygen atoms in total. The van der Waals surface area contributed by atoms with Crippen LogP contribution in [0.15, 0.2) is 53.0 Å². The Labute approximate surface area is 143 Å². The van der Waals surface area contributed by atoms with Gasteiger partial charge in [-0.1, -0.05) is 53.5 Å². The Bertz CT molecular complexity index is 869. The van der Waals surface area contributed by atoms with Gasteiger partial charge < -0.3 is 5.11 Å². The number of Topliss-reactive ketones (excluding diaryl/α,β-unsaturated/α-hetero) is 1. The van der Waals surface area contributed by atoms with E-state index in [4.69, 9.17) is 23.2 Å². The van der Waals surface area contributed by atoms with E-state index in [0.717, 1.165) is 5.56 Å². The quantitative estimate of drug-likeness (QED) is 0.784. The fraction of sp³-hybridized carbons (Fsp3) is 0.111. The van der Waals surface area contributed by atoms with E-state index >= 15 is 0 Å². The molecule has 2 aromatic carbocycles. The van der Waals surface area contributed by atoms with Crippen molar-refractivity contribution < 1.29 is 9.90 Å². The van der Waals surface area contributed by atoms with Crippen molar-refractivity contribution in [1.29, 1.82) is 0 Å². The van der Waals surface area contributed by atoms with Crippen LogP contribution in [-0.2, 0) is 6.54 Å². The van der Waals surface area contributed by atoms with Gasteiger partial charge in [-0.2, -0.15) is 0 Å². The van der Waals surface area contributed by atoms with Gasteiger partial charge in [0.25, 0.3) is 0 Å². The third kappa shape index (κ3) is 2.90. The SMILES string of the molecule is CC(=NCc1ccc(Cl)c(Cl)c1)C1=C(O)c2ccccc2C1=O. The highest BCUT2D eigenvalue weighted by atomic mass is 35.5.